The van der Waals surface area contributed by atoms with Gasteiger partial charge in [0.05, 0.1) is 25.4 Å². The van der Waals surface area contributed by atoms with E-state index >= 15 is 0 Å². The third kappa shape index (κ3) is 24.8. The van der Waals surface area contributed by atoms with Crippen molar-refractivity contribution in [3.8, 4) is 0 Å². The number of aliphatic hydroxyl groups is 5. The van der Waals surface area contributed by atoms with Crippen molar-refractivity contribution in [3.05, 3.63) is 12.2 Å². The van der Waals surface area contributed by atoms with Gasteiger partial charge in [-0.3, -0.25) is 4.79 Å². The normalized spacial score (nSPS) is 22.1. The van der Waals surface area contributed by atoms with Crippen molar-refractivity contribution < 1.29 is 39.8 Å². The highest BCUT2D eigenvalue weighted by atomic mass is 16.7. The fourth-order valence-electron chi connectivity index (χ4n) is 6.86. The van der Waals surface area contributed by atoms with E-state index in [1.165, 1.54) is 135 Å². The average molecular weight is 728 g/mol. The molecule has 1 amide bonds. The van der Waals surface area contributed by atoms with Gasteiger partial charge in [-0.25, -0.2) is 0 Å². The number of carbonyl (C=O) groups is 1. The number of hydrogen-bond donors (Lipinski definition) is 6. The fraction of sp³-hybridized carbons (Fsp3) is 0.929. The molecule has 1 aliphatic rings. The second-order valence-electron chi connectivity index (χ2n) is 15.1. The Balaban J connectivity index is 2.39. The van der Waals surface area contributed by atoms with Gasteiger partial charge in [-0.2, -0.15) is 0 Å². The third-order valence-corrected chi connectivity index (χ3v) is 10.4. The molecule has 1 rings (SSSR count). The van der Waals surface area contributed by atoms with Crippen LogP contribution in [0.1, 0.15) is 194 Å². The van der Waals surface area contributed by atoms with Gasteiger partial charge >= 0.3 is 0 Å². The van der Waals surface area contributed by atoms with Crippen LogP contribution in [0.3, 0.4) is 0 Å². The lowest BCUT2D eigenvalue weighted by atomic mass is 9.99. The average Bonchev–Trinajstić information content (AvgIpc) is 3.13. The SMILES string of the molecule is CCCCCCCCCCCCC/C=C/[C@@H](O)[C@H](CO[C@H]1OC(CO)[C@H](O)[C@H](O)[C@@H]1O)NC(=O)CCCCCCCCCCCCCCCCC. The van der Waals surface area contributed by atoms with Crippen molar-refractivity contribution in [2.24, 2.45) is 0 Å². The van der Waals surface area contributed by atoms with E-state index in [2.05, 4.69) is 19.2 Å². The predicted molar refractivity (Wildman–Crippen MR) is 207 cm³/mol. The minimum absolute atomic E-state index is 0.176. The lowest BCUT2D eigenvalue weighted by molar-refractivity contribution is -0.302. The van der Waals surface area contributed by atoms with Crippen molar-refractivity contribution in [2.45, 2.75) is 236 Å². The first-order chi connectivity index (χ1) is 24.8. The molecule has 6 N–H and O–H groups in total. The van der Waals surface area contributed by atoms with Crippen LogP contribution in [-0.2, 0) is 14.3 Å². The number of aliphatic hydroxyl groups excluding tert-OH is 5. The summed E-state index contributed by atoms with van der Waals surface area (Å²) in [5.74, 6) is -0.176. The Morgan fingerprint density at radius 3 is 1.53 bits per heavy atom. The fourth-order valence-corrected chi connectivity index (χ4v) is 6.86. The van der Waals surface area contributed by atoms with E-state index in [1.54, 1.807) is 6.08 Å². The molecule has 0 aromatic rings. The van der Waals surface area contributed by atoms with E-state index in [9.17, 15) is 30.3 Å². The van der Waals surface area contributed by atoms with Gasteiger partial charge in [0.25, 0.3) is 0 Å². The first kappa shape index (κ1) is 48.0. The second-order valence-corrected chi connectivity index (χ2v) is 15.1. The quantitative estimate of drug-likeness (QED) is 0.0283. The molecule has 0 aromatic heterocycles. The Labute approximate surface area is 312 Å². The zero-order valence-corrected chi connectivity index (χ0v) is 32.9. The molecular formula is C42H81NO8. The molecule has 0 bridgehead atoms. The van der Waals surface area contributed by atoms with E-state index in [-0.39, 0.29) is 12.5 Å². The number of rotatable bonds is 35. The summed E-state index contributed by atoms with van der Waals surface area (Å²) >= 11 is 0. The predicted octanol–water partition coefficient (Wildman–Crippen LogP) is 8.17. The lowest BCUT2D eigenvalue weighted by Crippen LogP contribution is -2.60. The van der Waals surface area contributed by atoms with Gasteiger partial charge in [-0.1, -0.05) is 180 Å². The van der Waals surface area contributed by atoms with Crippen LogP contribution in [0.25, 0.3) is 0 Å². The van der Waals surface area contributed by atoms with Crippen molar-refractivity contribution in [2.75, 3.05) is 13.2 Å². The molecule has 7 atom stereocenters. The van der Waals surface area contributed by atoms with Crippen LogP contribution in [0.4, 0.5) is 0 Å². The van der Waals surface area contributed by atoms with Crippen molar-refractivity contribution in [1.82, 2.24) is 5.32 Å². The molecule has 9 nitrogen and oxygen atoms in total. The number of allylic oxidation sites excluding steroid dienone is 1. The maximum absolute atomic E-state index is 12.9. The van der Waals surface area contributed by atoms with Gasteiger partial charge in [-0.05, 0) is 19.3 Å². The summed E-state index contributed by atoms with van der Waals surface area (Å²) in [4.78, 5) is 12.9. The van der Waals surface area contributed by atoms with Gasteiger partial charge in [-0.15, -0.1) is 0 Å². The van der Waals surface area contributed by atoms with Crippen LogP contribution in [-0.4, -0.2) is 87.5 Å². The summed E-state index contributed by atoms with van der Waals surface area (Å²) in [6, 6.07) is -0.796. The molecule has 302 valence electrons. The number of unbranched alkanes of at least 4 members (excludes halogenated alkanes) is 25. The van der Waals surface area contributed by atoms with E-state index < -0.39 is 49.5 Å². The summed E-state index contributed by atoms with van der Waals surface area (Å²) in [6.45, 7) is 3.76. The Kier molecular flexibility index (Phi) is 31.5. The van der Waals surface area contributed by atoms with Crippen molar-refractivity contribution in [1.29, 1.82) is 0 Å². The van der Waals surface area contributed by atoms with E-state index in [4.69, 9.17) is 9.47 Å². The van der Waals surface area contributed by atoms with Gasteiger partial charge < -0.3 is 40.3 Å². The van der Waals surface area contributed by atoms with Crippen molar-refractivity contribution >= 4 is 5.91 Å². The smallest absolute Gasteiger partial charge is 0.220 e. The largest absolute Gasteiger partial charge is 0.394 e. The van der Waals surface area contributed by atoms with E-state index in [0.29, 0.717) is 6.42 Å². The number of ether oxygens (including phenoxy) is 2. The van der Waals surface area contributed by atoms with Gasteiger partial charge in [0.15, 0.2) is 6.29 Å². The van der Waals surface area contributed by atoms with Gasteiger partial charge in [0.2, 0.25) is 5.91 Å². The highest BCUT2D eigenvalue weighted by Gasteiger charge is 2.44. The van der Waals surface area contributed by atoms with Gasteiger partial charge in [0, 0.05) is 6.42 Å². The van der Waals surface area contributed by atoms with Crippen molar-refractivity contribution in [3.63, 3.8) is 0 Å². The first-order valence-corrected chi connectivity index (χ1v) is 21.4. The van der Waals surface area contributed by atoms with Gasteiger partial charge in [0.1, 0.15) is 24.4 Å². The standard InChI is InChI=1S/C42H81NO8/c1-3-5-7-9-11-13-15-17-18-20-22-24-26-28-30-32-38(46)43-35(34-50-42-41(49)40(48)39(47)37(33-44)51-42)36(45)31-29-27-25-23-21-19-16-14-12-10-8-6-4-2/h29,31,35-37,39-42,44-45,47-49H,3-28,30,32-34H2,1-2H3,(H,43,46)/b31-29+/t35-,36+,37?,39-,40-,41-,42-/m0/s1. The number of hydrogen-bond acceptors (Lipinski definition) is 8. The summed E-state index contributed by atoms with van der Waals surface area (Å²) in [7, 11) is 0. The monoisotopic (exact) mass is 728 g/mol. The minimum Gasteiger partial charge on any atom is -0.394 e. The molecule has 0 radical (unpaired) electrons. The van der Waals surface area contributed by atoms with Crippen LogP contribution >= 0.6 is 0 Å². The Morgan fingerprint density at radius 2 is 1.08 bits per heavy atom. The Bertz CT molecular complexity index is 812. The molecule has 1 fully saturated rings. The molecule has 0 aromatic carbocycles. The van der Waals surface area contributed by atoms with Crippen LogP contribution in [0.15, 0.2) is 12.2 Å². The molecular weight excluding hydrogens is 646 g/mol. The first-order valence-electron chi connectivity index (χ1n) is 21.4. The van der Waals surface area contributed by atoms with Crippen LogP contribution < -0.4 is 5.32 Å². The summed E-state index contributed by atoms with van der Waals surface area (Å²) in [5.41, 5.74) is 0. The number of nitrogens with one attached hydrogen (secondary N) is 1. The molecule has 1 aliphatic heterocycles. The molecule has 0 spiro atoms. The third-order valence-electron chi connectivity index (χ3n) is 10.4. The Morgan fingerprint density at radius 1 is 0.647 bits per heavy atom. The molecule has 9 heteroatoms. The topological polar surface area (TPSA) is 149 Å². The Hall–Kier alpha value is -1.07. The molecule has 1 heterocycles. The zero-order chi connectivity index (χ0) is 37.4. The highest BCUT2D eigenvalue weighted by Crippen LogP contribution is 2.22. The molecule has 0 saturated carbocycles. The summed E-state index contributed by atoms with van der Waals surface area (Å²) < 4.78 is 11.2. The summed E-state index contributed by atoms with van der Waals surface area (Å²) in [6.07, 6.45) is 29.6. The van der Waals surface area contributed by atoms with Crippen LogP contribution in [0.2, 0.25) is 0 Å². The maximum atomic E-state index is 12.9. The number of carbonyl (C=O) groups excluding carboxylic acids is 1. The molecule has 0 aliphatic carbocycles. The van der Waals surface area contributed by atoms with E-state index in [0.717, 1.165) is 38.5 Å². The van der Waals surface area contributed by atoms with E-state index in [1.807, 2.05) is 6.08 Å². The zero-order valence-electron chi connectivity index (χ0n) is 32.9. The lowest BCUT2D eigenvalue weighted by Gasteiger charge is -2.40. The number of amides is 1. The van der Waals surface area contributed by atoms with Crippen LogP contribution in [0.5, 0.6) is 0 Å². The summed E-state index contributed by atoms with van der Waals surface area (Å²) in [5, 5.41) is 54.0. The minimum atomic E-state index is -1.56. The molecule has 1 saturated heterocycles. The highest BCUT2D eigenvalue weighted by molar-refractivity contribution is 5.76. The molecule has 1 unspecified atom stereocenters. The molecule has 51 heavy (non-hydrogen) atoms. The van der Waals surface area contributed by atoms with Crippen LogP contribution in [0, 0.1) is 0 Å². The second kappa shape index (κ2) is 33.5. The maximum Gasteiger partial charge on any atom is 0.220 e.